The summed E-state index contributed by atoms with van der Waals surface area (Å²) in [7, 11) is 4.86. The number of ether oxygens (including phenoxy) is 2. The zero-order valence-electron chi connectivity index (χ0n) is 29.4. The summed E-state index contributed by atoms with van der Waals surface area (Å²) < 4.78 is 11.7. The summed E-state index contributed by atoms with van der Waals surface area (Å²) in [5.41, 5.74) is 9.37. The summed E-state index contributed by atoms with van der Waals surface area (Å²) in [4.78, 5) is 63.5. The van der Waals surface area contributed by atoms with Crippen LogP contribution >= 0.6 is 11.3 Å². The number of fused-ring (bicyclic) bond motifs is 2. The van der Waals surface area contributed by atoms with Crippen molar-refractivity contribution in [1.29, 1.82) is 0 Å². The van der Waals surface area contributed by atoms with Gasteiger partial charge in [-0.3, -0.25) is 14.6 Å². The van der Waals surface area contributed by atoms with Gasteiger partial charge in [-0.15, -0.1) is 0 Å². The lowest BCUT2D eigenvalue weighted by Crippen LogP contribution is -2.66. The van der Waals surface area contributed by atoms with Gasteiger partial charge in [-0.25, -0.2) is 14.6 Å². The van der Waals surface area contributed by atoms with Crippen LogP contribution in [0.5, 0.6) is 5.75 Å². The van der Waals surface area contributed by atoms with Crippen molar-refractivity contribution in [3.05, 3.63) is 77.4 Å². The van der Waals surface area contributed by atoms with E-state index in [2.05, 4.69) is 10.3 Å². The van der Waals surface area contributed by atoms with Gasteiger partial charge in [0, 0.05) is 46.8 Å². The fourth-order valence-corrected chi connectivity index (χ4v) is 7.47. The number of piperazine rings is 1. The maximum absolute atomic E-state index is 14.4. The Hall–Kier alpha value is -4.99. The Bertz CT molecular complexity index is 1860. The van der Waals surface area contributed by atoms with Crippen LogP contribution in [0, 0.1) is 0 Å². The average Bonchev–Trinajstić information content (AvgIpc) is 3.65. The number of anilines is 1. The van der Waals surface area contributed by atoms with Crippen molar-refractivity contribution in [3.63, 3.8) is 0 Å². The van der Waals surface area contributed by atoms with Gasteiger partial charge in [0.05, 0.1) is 29.4 Å². The van der Waals surface area contributed by atoms with E-state index in [-0.39, 0.29) is 56.0 Å². The molecule has 2 fully saturated rings. The van der Waals surface area contributed by atoms with E-state index in [0.29, 0.717) is 17.4 Å². The Morgan fingerprint density at radius 2 is 1.90 bits per heavy atom. The lowest BCUT2D eigenvalue weighted by atomic mass is 9.99. The molecular weight excluding hydrogens is 673 g/mol. The van der Waals surface area contributed by atoms with Crippen LogP contribution in [0.1, 0.15) is 31.4 Å². The first-order valence-electron chi connectivity index (χ1n) is 16.9. The van der Waals surface area contributed by atoms with Crippen LogP contribution in [-0.4, -0.2) is 119 Å². The highest BCUT2D eigenvalue weighted by atomic mass is 32.1. The van der Waals surface area contributed by atoms with Gasteiger partial charge in [0.15, 0.2) is 5.13 Å². The third kappa shape index (κ3) is 7.70. The van der Waals surface area contributed by atoms with Crippen LogP contribution in [-0.2, 0) is 27.3 Å². The molecular formula is C36H44N8O6S. The number of urea groups is 1. The summed E-state index contributed by atoms with van der Waals surface area (Å²) in [6.45, 7) is 4.48. The van der Waals surface area contributed by atoms with Crippen molar-refractivity contribution >= 4 is 50.6 Å². The number of nitrogens with zero attached hydrogens (tertiary/aromatic N) is 6. The predicted molar refractivity (Wildman–Crippen MR) is 193 cm³/mol. The van der Waals surface area contributed by atoms with Crippen molar-refractivity contribution in [2.24, 2.45) is 0 Å². The second kappa shape index (κ2) is 15.1. The number of thiazole rings is 1. The number of carbonyl (C=O) groups excluding carboxylic acids is 4. The second-order valence-corrected chi connectivity index (χ2v) is 14.3. The number of nitrogens with two attached hydrogens (primary N) is 1. The Morgan fingerprint density at radius 3 is 2.57 bits per heavy atom. The van der Waals surface area contributed by atoms with Gasteiger partial charge in [-0.2, -0.15) is 5.01 Å². The standard InChI is InChI=1S/C36H44N8O6S/c1-22(2)44(35(47)38-18-24-11-13-26(49-5)14-12-24)42-21-31(45)43-28(17-23-9-15-27(16-10-23)50-36(48)40(3)4)33(46)41(20-30(42)43)19-25-7-6-8-29-32(25)39-34(37)51-29/h6-13,15-16,22,26,28,30H,14,17-21H2,1-5H3,(H2,37,39)(H,38,47)/t26?,28-,30+/m0/s1. The number of hydrogen-bond donors (Lipinski definition) is 2. The average molecular weight is 717 g/mol. The van der Waals surface area contributed by atoms with E-state index in [1.807, 2.05) is 50.3 Å². The normalized spacial score (nSPS) is 20.5. The molecule has 2 aromatic carbocycles. The highest BCUT2D eigenvalue weighted by Gasteiger charge is 2.52. The van der Waals surface area contributed by atoms with E-state index < -0.39 is 18.3 Å². The predicted octanol–water partition coefficient (Wildman–Crippen LogP) is 3.60. The fourth-order valence-electron chi connectivity index (χ4n) is 6.69. The molecule has 1 aromatic heterocycles. The molecule has 270 valence electrons. The third-order valence-corrected chi connectivity index (χ3v) is 10.1. The van der Waals surface area contributed by atoms with E-state index in [4.69, 9.17) is 15.2 Å². The molecule has 5 amide bonds. The van der Waals surface area contributed by atoms with Gasteiger partial charge in [0.2, 0.25) is 11.8 Å². The highest BCUT2D eigenvalue weighted by Crippen LogP contribution is 2.33. The Morgan fingerprint density at radius 1 is 1.14 bits per heavy atom. The summed E-state index contributed by atoms with van der Waals surface area (Å²) in [5, 5.41) is 6.85. The lowest BCUT2D eigenvalue weighted by Gasteiger charge is -2.47. The monoisotopic (exact) mass is 716 g/mol. The summed E-state index contributed by atoms with van der Waals surface area (Å²) in [5.74, 6) is -0.0934. The lowest BCUT2D eigenvalue weighted by molar-refractivity contribution is -0.158. The zero-order chi connectivity index (χ0) is 36.4. The number of amides is 5. The van der Waals surface area contributed by atoms with Crippen LogP contribution in [0.2, 0.25) is 0 Å². The van der Waals surface area contributed by atoms with Gasteiger partial charge in [0.25, 0.3) is 0 Å². The summed E-state index contributed by atoms with van der Waals surface area (Å²) in [6, 6.07) is 11.2. The molecule has 51 heavy (non-hydrogen) atoms. The minimum Gasteiger partial charge on any atom is -0.410 e. The van der Waals surface area contributed by atoms with Gasteiger partial charge in [-0.1, -0.05) is 53.8 Å². The molecule has 1 unspecified atom stereocenters. The molecule has 0 saturated carbocycles. The smallest absolute Gasteiger partial charge is 0.410 e. The maximum Gasteiger partial charge on any atom is 0.414 e. The number of para-hydroxylation sites is 1. The molecule has 3 aliphatic rings. The molecule has 1 aliphatic carbocycles. The number of rotatable bonds is 10. The molecule has 0 radical (unpaired) electrons. The molecule has 2 aliphatic heterocycles. The fraction of sp³-hybridized carbons (Fsp3) is 0.417. The van der Waals surface area contributed by atoms with Crippen molar-refractivity contribution in [1.82, 2.24) is 35.0 Å². The van der Waals surface area contributed by atoms with Crippen molar-refractivity contribution in [2.75, 3.05) is 46.6 Å². The first kappa shape index (κ1) is 35.8. The molecule has 0 spiro atoms. The molecule has 6 rings (SSSR count). The minimum absolute atomic E-state index is 0.0153. The number of benzene rings is 2. The molecule has 3 aromatic rings. The maximum atomic E-state index is 14.4. The number of nitrogens with one attached hydrogen (secondary N) is 1. The largest absolute Gasteiger partial charge is 0.414 e. The topological polar surface area (TPSA) is 154 Å². The van der Waals surface area contributed by atoms with Crippen molar-refractivity contribution < 1.29 is 28.7 Å². The summed E-state index contributed by atoms with van der Waals surface area (Å²) in [6.07, 6.45) is 5.80. The minimum atomic E-state index is -0.848. The van der Waals surface area contributed by atoms with Gasteiger partial charge in [0.1, 0.15) is 18.0 Å². The van der Waals surface area contributed by atoms with Gasteiger partial charge >= 0.3 is 12.1 Å². The van der Waals surface area contributed by atoms with Crippen LogP contribution in [0.15, 0.2) is 66.3 Å². The number of nitrogen functional groups attached to an aromatic ring is 1. The highest BCUT2D eigenvalue weighted by molar-refractivity contribution is 7.22. The first-order chi connectivity index (χ1) is 24.4. The Kier molecular flexibility index (Phi) is 10.6. The molecule has 0 bridgehead atoms. The quantitative estimate of drug-likeness (QED) is 0.321. The Balaban J connectivity index is 1.28. The molecule has 2 saturated heterocycles. The van der Waals surface area contributed by atoms with Crippen molar-refractivity contribution in [2.45, 2.75) is 57.6 Å². The Labute approximate surface area is 301 Å². The molecule has 15 heteroatoms. The van der Waals surface area contributed by atoms with E-state index in [9.17, 15) is 19.2 Å². The number of methoxy groups -OCH3 is 1. The zero-order valence-corrected chi connectivity index (χ0v) is 30.3. The summed E-state index contributed by atoms with van der Waals surface area (Å²) >= 11 is 1.38. The van der Waals surface area contributed by atoms with Crippen LogP contribution in [0.4, 0.5) is 14.7 Å². The number of carbonyl (C=O) groups is 4. The number of hydrazine groups is 1. The van der Waals surface area contributed by atoms with Crippen LogP contribution in [0.3, 0.4) is 0 Å². The molecule has 3 N–H and O–H groups in total. The van der Waals surface area contributed by atoms with E-state index in [1.54, 1.807) is 65.3 Å². The van der Waals surface area contributed by atoms with Gasteiger partial charge < -0.3 is 35.2 Å². The van der Waals surface area contributed by atoms with Crippen molar-refractivity contribution in [3.8, 4) is 5.75 Å². The van der Waals surface area contributed by atoms with Crippen LogP contribution < -0.4 is 15.8 Å². The number of aromatic nitrogens is 1. The SMILES string of the molecule is COC1C=CC(CNC(=O)N(C(C)C)N2CC(=O)N3[C@@H](Cc4ccc(OC(=O)N(C)C)cc4)C(=O)N(Cc4cccc5sc(N)nc45)C[C@@H]32)=CC1. The van der Waals surface area contributed by atoms with Crippen LogP contribution in [0.25, 0.3) is 10.2 Å². The van der Waals surface area contributed by atoms with Gasteiger partial charge in [-0.05, 0) is 55.2 Å². The molecule has 14 nitrogen and oxygen atoms in total. The number of hydrogen-bond acceptors (Lipinski definition) is 10. The molecule has 3 heterocycles. The molecule has 3 atom stereocenters. The first-order valence-corrected chi connectivity index (χ1v) is 17.7. The second-order valence-electron chi connectivity index (χ2n) is 13.3. The van der Waals surface area contributed by atoms with E-state index >= 15 is 0 Å². The third-order valence-electron chi connectivity index (χ3n) is 9.23. The van der Waals surface area contributed by atoms with E-state index in [0.717, 1.165) is 33.3 Å². The van der Waals surface area contributed by atoms with E-state index in [1.165, 1.54) is 16.2 Å².